The van der Waals surface area contributed by atoms with Crippen LogP contribution in [0.15, 0.2) is 12.1 Å². The van der Waals surface area contributed by atoms with E-state index in [1.807, 2.05) is 13.0 Å². The quantitative estimate of drug-likeness (QED) is 0.738. The van der Waals surface area contributed by atoms with E-state index in [0.29, 0.717) is 0 Å². The molecule has 0 aliphatic carbocycles. The molecule has 0 fully saturated rings. The van der Waals surface area contributed by atoms with Gasteiger partial charge in [-0.3, -0.25) is 0 Å². The Kier molecular flexibility index (Phi) is 6.16. The normalized spacial score (nSPS) is 14.0. The Labute approximate surface area is 117 Å². The van der Waals surface area contributed by atoms with E-state index in [2.05, 4.69) is 32.2 Å². The van der Waals surface area contributed by atoms with E-state index < -0.39 is 6.23 Å². The van der Waals surface area contributed by atoms with E-state index in [-0.39, 0.29) is 5.92 Å². The lowest BCUT2D eigenvalue weighted by Gasteiger charge is -2.23. The summed E-state index contributed by atoms with van der Waals surface area (Å²) in [5.74, 6) is 1.09. The van der Waals surface area contributed by atoms with Gasteiger partial charge in [-0.15, -0.1) is 0 Å². The molecule has 0 aromatic heterocycles. The summed E-state index contributed by atoms with van der Waals surface area (Å²) >= 11 is 0. The lowest BCUT2D eigenvalue weighted by Crippen LogP contribution is -2.27. The van der Waals surface area contributed by atoms with Crippen molar-refractivity contribution in [3.05, 3.63) is 23.3 Å². The van der Waals surface area contributed by atoms with Crippen molar-refractivity contribution in [2.75, 3.05) is 12.4 Å². The van der Waals surface area contributed by atoms with Gasteiger partial charge in [-0.2, -0.15) is 0 Å². The predicted octanol–water partition coefficient (Wildman–Crippen LogP) is 3.73. The van der Waals surface area contributed by atoms with Crippen LogP contribution in [0.5, 0.6) is 5.75 Å². The molecule has 0 radical (unpaired) electrons. The number of methoxy groups -OCH3 is 1. The molecule has 0 amide bonds. The van der Waals surface area contributed by atoms with E-state index in [4.69, 9.17) is 4.74 Å². The number of anilines is 1. The first kappa shape index (κ1) is 15.8. The molecule has 0 bridgehead atoms. The Bertz CT molecular complexity index is 404. The van der Waals surface area contributed by atoms with Crippen molar-refractivity contribution < 1.29 is 9.84 Å². The Hall–Kier alpha value is -1.22. The summed E-state index contributed by atoms with van der Waals surface area (Å²) in [4.78, 5) is 0. The van der Waals surface area contributed by atoms with Crippen LogP contribution >= 0.6 is 0 Å². The Morgan fingerprint density at radius 3 is 2.53 bits per heavy atom. The van der Waals surface area contributed by atoms with Gasteiger partial charge in [0, 0.05) is 17.7 Å². The summed E-state index contributed by atoms with van der Waals surface area (Å²) in [6, 6.07) is 4.11. The first-order valence-electron chi connectivity index (χ1n) is 7.15. The minimum atomic E-state index is -0.516. The molecule has 1 aromatic carbocycles. The molecular weight excluding hydrogens is 238 g/mol. The van der Waals surface area contributed by atoms with Gasteiger partial charge in [-0.05, 0) is 30.9 Å². The zero-order chi connectivity index (χ0) is 14.4. The van der Waals surface area contributed by atoms with Gasteiger partial charge in [-0.1, -0.05) is 33.3 Å². The number of hydrogen-bond acceptors (Lipinski definition) is 3. The lowest BCUT2D eigenvalue weighted by atomic mass is 10.0. The molecule has 0 saturated carbocycles. The van der Waals surface area contributed by atoms with Gasteiger partial charge in [0.2, 0.25) is 0 Å². The monoisotopic (exact) mass is 265 g/mol. The fourth-order valence-corrected chi connectivity index (χ4v) is 2.31. The highest BCUT2D eigenvalue weighted by atomic mass is 16.5. The summed E-state index contributed by atoms with van der Waals surface area (Å²) < 4.78 is 5.35. The Morgan fingerprint density at radius 2 is 2.00 bits per heavy atom. The van der Waals surface area contributed by atoms with Crippen molar-refractivity contribution in [1.82, 2.24) is 0 Å². The maximum Gasteiger partial charge on any atom is 0.127 e. The fourth-order valence-electron chi connectivity index (χ4n) is 2.31. The smallest absolute Gasteiger partial charge is 0.127 e. The third-order valence-corrected chi connectivity index (χ3v) is 3.59. The van der Waals surface area contributed by atoms with Gasteiger partial charge in [-0.25, -0.2) is 0 Å². The number of aryl methyl sites for hydroxylation is 2. The fraction of sp³-hybridized carbons (Fsp3) is 0.625. The maximum atomic E-state index is 10.2. The number of rotatable bonds is 7. The first-order valence-corrected chi connectivity index (χ1v) is 7.15. The van der Waals surface area contributed by atoms with E-state index in [1.54, 1.807) is 7.11 Å². The van der Waals surface area contributed by atoms with Crippen LogP contribution in [0, 0.1) is 12.8 Å². The number of benzene rings is 1. The molecule has 3 nitrogen and oxygen atoms in total. The molecule has 2 atom stereocenters. The van der Waals surface area contributed by atoms with Gasteiger partial charge in [0.25, 0.3) is 0 Å². The number of aliphatic hydroxyl groups excluding tert-OH is 1. The van der Waals surface area contributed by atoms with Crippen LogP contribution in [-0.4, -0.2) is 18.4 Å². The molecule has 0 heterocycles. The van der Waals surface area contributed by atoms with Gasteiger partial charge < -0.3 is 15.2 Å². The number of nitrogens with one attached hydrogen (secondary N) is 1. The van der Waals surface area contributed by atoms with Crippen LogP contribution in [-0.2, 0) is 6.42 Å². The van der Waals surface area contributed by atoms with E-state index in [1.165, 1.54) is 5.56 Å². The second-order valence-corrected chi connectivity index (χ2v) is 5.19. The highest BCUT2D eigenvalue weighted by Gasteiger charge is 2.15. The van der Waals surface area contributed by atoms with Gasteiger partial charge in [0.05, 0.1) is 7.11 Å². The van der Waals surface area contributed by atoms with Crippen molar-refractivity contribution in [3.8, 4) is 5.75 Å². The Balaban J connectivity index is 2.92. The zero-order valence-electron chi connectivity index (χ0n) is 12.8. The van der Waals surface area contributed by atoms with Crippen LogP contribution in [0.3, 0.4) is 0 Å². The average molecular weight is 265 g/mol. The molecule has 2 N–H and O–H groups in total. The maximum absolute atomic E-state index is 10.2. The molecule has 0 aliphatic heterocycles. The number of aliphatic hydroxyl groups is 1. The number of hydrogen-bond donors (Lipinski definition) is 2. The predicted molar refractivity (Wildman–Crippen MR) is 80.8 cm³/mol. The van der Waals surface area contributed by atoms with Crippen molar-refractivity contribution in [1.29, 1.82) is 0 Å². The zero-order valence-corrected chi connectivity index (χ0v) is 12.8. The lowest BCUT2D eigenvalue weighted by molar-refractivity contribution is 0.138. The topological polar surface area (TPSA) is 41.5 Å². The third kappa shape index (κ3) is 4.13. The van der Waals surface area contributed by atoms with Gasteiger partial charge >= 0.3 is 0 Å². The summed E-state index contributed by atoms with van der Waals surface area (Å²) in [5.41, 5.74) is 3.31. The molecule has 0 aliphatic rings. The van der Waals surface area contributed by atoms with Crippen molar-refractivity contribution >= 4 is 5.69 Å². The minimum absolute atomic E-state index is 0.238. The van der Waals surface area contributed by atoms with E-state index in [9.17, 15) is 5.11 Å². The van der Waals surface area contributed by atoms with Crippen LogP contribution < -0.4 is 10.1 Å². The molecule has 3 heteroatoms. The molecule has 0 spiro atoms. The summed E-state index contributed by atoms with van der Waals surface area (Å²) in [6.45, 7) is 8.36. The SMILES string of the molecule is CCCC(C)C(O)Nc1cc(OC)c(C)cc1CC. The van der Waals surface area contributed by atoms with E-state index in [0.717, 1.165) is 36.3 Å². The third-order valence-electron chi connectivity index (χ3n) is 3.59. The highest BCUT2D eigenvalue weighted by Crippen LogP contribution is 2.28. The first-order chi connectivity index (χ1) is 9.03. The molecule has 0 saturated heterocycles. The van der Waals surface area contributed by atoms with Crippen LogP contribution in [0.2, 0.25) is 0 Å². The largest absolute Gasteiger partial charge is 0.496 e. The van der Waals surface area contributed by atoms with Crippen LogP contribution in [0.25, 0.3) is 0 Å². The van der Waals surface area contributed by atoms with Gasteiger partial charge in [0.15, 0.2) is 0 Å². The summed E-state index contributed by atoms with van der Waals surface area (Å²) in [5, 5.41) is 13.4. The Morgan fingerprint density at radius 1 is 1.32 bits per heavy atom. The number of ether oxygens (including phenoxy) is 1. The minimum Gasteiger partial charge on any atom is -0.496 e. The molecule has 1 rings (SSSR count). The second-order valence-electron chi connectivity index (χ2n) is 5.19. The molecular formula is C16H27NO2. The summed E-state index contributed by atoms with van der Waals surface area (Å²) in [7, 11) is 1.67. The molecule has 1 aromatic rings. The van der Waals surface area contributed by atoms with Crippen LogP contribution in [0.1, 0.15) is 44.7 Å². The standard InChI is InChI=1S/C16H27NO2/c1-6-8-11(3)16(18)17-14-10-15(19-5)12(4)9-13(14)7-2/h9-11,16-18H,6-8H2,1-5H3. The molecule has 108 valence electrons. The highest BCUT2D eigenvalue weighted by molar-refractivity contribution is 5.58. The average Bonchev–Trinajstić information content (AvgIpc) is 2.40. The molecule has 2 unspecified atom stereocenters. The van der Waals surface area contributed by atoms with E-state index >= 15 is 0 Å². The summed E-state index contributed by atoms with van der Waals surface area (Å²) in [6.07, 6.45) is 2.51. The second kappa shape index (κ2) is 7.39. The van der Waals surface area contributed by atoms with Crippen molar-refractivity contribution in [2.45, 2.75) is 53.2 Å². The molecule has 19 heavy (non-hydrogen) atoms. The van der Waals surface area contributed by atoms with Gasteiger partial charge in [0.1, 0.15) is 12.0 Å². The van der Waals surface area contributed by atoms with Crippen molar-refractivity contribution in [2.24, 2.45) is 5.92 Å². The van der Waals surface area contributed by atoms with Crippen LogP contribution in [0.4, 0.5) is 5.69 Å². The van der Waals surface area contributed by atoms with Crippen molar-refractivity contribution in [3.63, 3.8) is 0 Å².